The highest BCUT2D eigenvalue weighted by molar-refractivity contribution is 5.76. The van der Waals surface area contributed by atoms with Crippen LogP contribution in [0.1, 0.15) is 26.2 Å². The van der Waals surface area contributed by atoms with E-state index in [0.29, 0.717) is 12.3 Å². The van der Waals surface area contributed by atoms with Gasteiger partial charge in [-0.1, -0.05) is 13.3 Å². The highest BCUT2D eigenvalue weighted by atomic mass is 16.2. The van der Waals surface area contributed by atoms with Crippen molar-refractivity contribution in [2.24, 2.45) is 0 Å². The van der Waals surface area contributed by atoms with Crippen molar-refractivity contribution < 1.29 is 4.79 Å². The first-order valence-corrected chi connectivity index (χ1v) is 4.83. The Morgan fingerprint density at radius 1 is 1.50 bits per heavy atom. The van der Waals surface area contributed by atoms with Crippen molar-refractivity contribution in [2.75, 3.05) is 26.2 Å². The summed E-state index contributed by atoms with van der Waals surface area (Å²) in [6.07, 6.45) is 2.96. The lowest BCUT2D eigenvalue weighted by atomic mass is 10.3. The lowest BCUT2D eigenvalue weighted by Gasteiger charge is -2.19. The average Bonchev–Trinajstić information content (AvgIpc) is 2.27. The van der Waals surface area contributed by atoms with Gasteiger partial charge in [0.1, 0.15) is 0 Å². The van der Waals surface area contributed by atoms with Gasteiger partial charge < -0.3 is 10.2 Å². The van der Waals surface area contributed by atoms with Gasteiger partial charge in [0.15, 0.2) is 0 Å². The summed E-state index contributed by atoms with van der Waals surface area (Å²) in [5.74, 6) is 0.313. The SMILES string of the molecule is CCCCN1CCNCCC1=O. The van der Waals surface area contributed by atoms with Gasteiger partial charge in [0.05, 0.1) is 0 Å². The van der Waals surface area contributed by atoms with Crippen molar-refractivity contribution in [3.05, 3.63) is 0 Å². The van der Waals surface area contributed by atoms with Gasteiger partial charge in [0, 0.05) is 32.6 Å². The predicted molar refractivity (Wildman–Crippen MR) is 49.0 cm³/mol. The molecule has 1 N–H and O–H groups in total. The van der Waals surface area contributed by atoms with Crippen LogP contribution >= 0.6 is 0 Å². The normalized spacial score (nSPS) is 19.4. The molecule has 0 bridgehead atoms. The molecule has 3 nitrogen and oxygen atoms in total. The largest absolute Gasteiger partial charge is 0.341 e. The Morgan fingerprint density at radius 2 is 2.33 bits per heavy atom. The molecule has 0 saturated carbocycles. The molecule has 0 radical (unpaired) electrons. The molecule has 0 aliphatic carbocycles. The zero-order valence-electron chi connectivity index (χ0n) is 7.81. The first-order chi connectivity index (χ1) is 5.84. The third kappa shape index (κ3) is 2.81. The van der Waals surface area contributed by atoms with E-state index in [1.54, 1.807) is 0 Å². The monoisotopic (exact) mass is 170 g/mol. The lowest BCUT2D eigenvalue weighted by Crippen LogP contribution is -2.33. The summed E-state index contributed by atoms with van der Waals surface area (Å²) < 4.78 is 0. The van der Waals surface area contributed by atoms with E-state index in [-0.39, 0.29) is 0 Å². The minimum atomic E-state index is 0.313. The number of rotatable bonds is 3. The molecule has 1 amide bonds. The van der Waals surface area contributed by atoms with E-state index in [9.17, 15) is 4.79 Å². The molecule has 1 heterocycles. The van der Waals surface area contributed by atoms with Crippen LogP contribution in [0.3, 0.4) is 0 Å². The van der Waals surface area contributed by atoms with E-state index < -0.39 is 0 Å². The number of hydrogen-bond acceptors (Lipinski definition) is 2. The fourth-order valence-electron chi connectivity index (χ4n) is 1.40. The number of carbonyl (C=O) groups is 1. The van der Waals surface area contributed by atoms with Crippen LogP contribution in [0, 0.1) is 0 Å². The molecular weight excluding hydrogens is 152 g/mol. The van der Waals surface area contributed by atoms with Crippen LogP contribution in [-0.2, 0) is 4.79 Å². The molecule has 0 aromatic heterocycles. The molecule has 1 aliphatic heterocycles. The zero-order valence-corrected chi connectivity index (χ0v) is 7.81. The highest BCUT2D eigenvalue weighted by Crippen LogP contribution is 2.00. The standard InChI is InChI=1S/C9H18N2O/c1-2-3-7-11-8-6-10-5-4-9(11)12/h10H,2-8H2,1H3. The van der Waals surface area contributed by atoms with Crippen molar-refractivity contribution in [2.45, 2.75) is 26.2 Å². The van der Waals surface area contributed by atoms with Crippen LogP contribution in [0.15, 0.2) is 0 Å². The summed E-state index contributed by atoms with van der Waals surface area (Å²) in [4.78, 5) is 13.4. The van der Waals surface area contributed by atoms with Gasteiger partial charge in [-0.3, -0.25) is 4.79 Å². The van der Waals surface area contributed by atoms with E-state index >= 15 is 0 Å². The quantitative estimate of drug-likeness (QED) is 0.673. The summed E-state index contributed by atoms with van der Waals surface area (Å²) in [5.41, 5.74) is 0. The molecule has 1 rings (SSSR count). The van der Waals surface area contributed by atoms with Crippen LogP contribution < -0.4 is 5.32 Å². The Bertz CT molecular complexity index is 147. The van der Waals surface area contributed by atoms with Gasteiger partial charge in [0.25, 0.3) is 0 Å². The number of carbonyl (C=O) groups excluding carboxylic acids is 1. The smallest absolute Gasteiger partial charge is 0.223 e. The third-order valence-corrected chi connectivity index (χ3v) is 2.21. The highest BCUT2D eigenvalue weighted by Gasteiger charge is 2.14. The zero-order chi connectivity index (χ0) is 8.81. The second-order valence-electron chi connectivity index (χ2n) is 3.23. The van der Waals surface area contributed by atoms with Gasteiger partial charge >= 0.3 is 0 Å². The van der Waals surface area contributed by atoms with Crippen LogP contribution in [0.4, 0.5) is 0 Å². The fourth-order valence-corrected chi connectivity index (χ4v) is 1.40. The Kier molecular flexibility index (Phi) is 4.08. The minimum Gasteiger partial charge on any atom is -0.341 e. The molecular formula is C9H18N2O. The number of unbranched alkanes of at least 4 members (excludes halogenated alkanes) is 1. The number of nitrogens with zero attached hydrogens (tertiary/aromatic N) is 1. The molecule has 12 heavy (non-hydrogen) atoms. The van der Waals surface area contributed by atoms with E-state index in [1.165, 1.54) is 0 Å². The topological polar surface area (TPSA) is 32.3 Å². The van der Waals surface area contributed by atoms with Gasteiger partial charge in [-0.15, -0.1) is 0 Å². The van der Waals surface area contributed by atoms with Gasteiger partial charge in [-0.2, -0.15) is 0 Å². The minimum absolute atomic E-state index is 0.313. The predicted octanol–water partition coefficient (Wildman–Crippen LogP) is 0.608. The van der Waals surface area contributed by atoms with Crippen molar-refractivity contribution in [1.82, 2.24) is 10.2 Å². The van der Waals surface area contributed by atoms with E-state index in [1.807, 2.05) is 4.90 Å². The summed E-state index contributed by atoms with van der Waals surface area (Å²) in [6.45, 7) is 5.79. The van der Waals surface area contributed by atoms with Crippen molar-refractivity contribution in [3.63, 3.8) is 0 Å². The Balaban J connectivity index is 2.31. The molecule has 1 saturated heterocycles. The summed E-state index contributed by atoms with van der Waals surface area (Å²) in [6, 6.07) is 0. The molecule has 70 valence electrons. The average molecular weight is 170 g/mol. The number of nitrogens with one attached hydrogen (secondary N) is 1. The molecule has 3 heteroatoms. The lowest BCUT2D eigenvalue weighted by molar-refractivity contribution is -0.130. The first-order valence-electron chi connectivity index (χ1n) is 4.83. The van der Waals surface area contributed by atoms with Crippen molar-refractivity contribution >= 4 is 5.91 Å². The first kappa shape index (κ1) is 9.52. The molecule has 0 aromatic rings. The van der Waals surface area contributed by atoms with Crippen molar-refractivity contribution in [3.8, 4) is 0 Å². The van der Waals surface area contributed by atoms with Gasteiger partial charge in [-0.25, -0.2) is 0 Å². The summed E-state index contributed by atoms with van der Waals surface area (Å²) >= 11 is 0. The fraction of sp³-hybridized carbons (Fsp3) is 0.889. The number of amides is 1. The van der Waals surface area contributed by atoms with Crippen LogP contribution in [0.5, 0.6) is 0 Å². The maximum absolute atomic E-state index is 11.4. The Labute approximate surface area is 74.1 Å². The van der Waals surface area contributed by atoms with Gasteiger partial charge in [-0.05, 0) is 6.42 Å². The summed E-state index contributed by atoms with van der Waals surface area (Å²) in [5, 5.41) is 3.22. The Morgan fingerprint density at radius 3 is 3.08 bits per heavy atom. The molecule has 0 atom stereocenters. The maximum Gasteiger partial charge on any atom is 0.223 e. The number of hydrogen-bond donors (Lipinski definition) is 1. The van der Waals surface area contributed by atoms with Crippen LogP contribution in [0.2, 0.25) is 0 Å². The third-order valence-electron chi connectivity index (χ3n) is 2.21. The van der Waals surface area contributed by atoms with Crippen LogP contribution in [-0.4, -0.2) is 37.0 Å². The molecule has 0 spiro atoms. The van der Waals surface area contributed by atoms with Gasteiger partial charge in [0.2, 0.25) is 5.91 Å². The second-order valence-corrected chi connectivity index (χ2v) is 3.23. The summed E-state index contributed by atoms with van der Waals surface area (Å²) in [7, 11) is 0. The van der Waals surface area contributed by atoms with E-state index in [2.05, 4.69) is 12.2 Å². The molecule has 0 unspecified atom stereocenters. The van der Waals surface area contributed by atoms with E-state index in [0.717, 1.165) is 39.0 Å². The molecule has 1 aliphatic rings. The second kappa shape index (κ2) is 5.14. The molecule has 0 aromatic carbocycles. The van der Waals surface area contributed by atoms with E-state index in [4.69, 9.17) is 0 Å². The Hall–Kier alpha value is -0.570. The van der Waals surface area contributed by atoms with Crippen LogP contribution in [0.25, 0.3) is 0 Å². The van der Waals surface area contributed by atoms with Crippen molar-refractivity contribution in [1.29, 1.82) is 0 Å². The molecule has 1 fully saturated rings. The maximum atomic E-state index is 11.4.